The molecule has 4 rings (SSSR count). The molecule has 1 aliphatic rings. The van der Waals surface area contributed by atoms with Crippen molar-refractivity contribution >= 4 is 23.1 Å². The molecule has 0 saturated carbocycles. The molecule has 1 amide bonds. The molecule has 1 aromatic heterocycles. The lowest BCUT2D eigenvalue weighted by Crippen LogP contribution is -2.29. The van der Waals surface area contributed by atoms with Crippen LogP contribution in [0.4, 0.5) is 5.69 Å². The lowest BCUT2D eigenvalue weighted by Gasteiger charge is -2.24. The Morgan fingerprint density at radius 2 is 1.62 bits per heavy atom. The molecule has 2 aromatic carbocycles. The topological polar surface area (TPSA) is 70.8 Å². The number of carbonyl (C=O) groups excluding carboxylic acids is 2. The lowest BCUT2D eigenvalue weighted by molar-refractivity contribution is -0.132. The first kappa shape index (κ1) is 18.7. The van der Waals surface area contributed by atoms with E-state index in [2.05, 4.69) is 0 Å². The van der Waals surface area contributed by atoms with Gasteiger partial charge in [-0.25, -0.2) is 0 Å². The highest BCUT2D eigenvalue weighted by molar-refractivity contribution is 6.51. The van der Waals surface area contributed by atoms with Crippen molar-refractivity contribution in [2.24, 2.45) is 0 Å². The second-order valence-electron chi connectivity index (χ2n) is 7.27. The normalized spacial score (nSPS) is 18.4. The molecule has 1 fully saturated rings. The Labute approximate surface area is 168 Å². The highest BCUT2D eigenvalue weighted by Gasteiger charge is 2.48. The Bertz CT molecular complexity index is 1140. The standard InChI is InChI=1S/C24H21NO4/c1-14-8-11-17(12-9-14)22(26)20-21(19-13-10-16(3)29-19)25(24(28)23(20)27)18-7-5-4-6-15(18)2/h4-13,21,26H,1-3H3/b22-20-. The molecule has 5 nitrogen and oxygen atoms in total. The molecule has 3 aromatic rings. The first-order chi connectivity index (χ1) is 13.9. The van der Waals surface area contributed by atoms with E-state index in [1.165, 1.54) is 4.90 Å². The van der Waals surface area contributed by atoms with E-state index in [4.69, 9.17) is 4.42 Å². The molecule has 0 aliphatic carbocycles. The fourth-order valence-electron chi connectivity index (χ4n) is 3.65. The molecule has 0 radical (unpaired) electrons. The maximum Gasteiger partial charge on any atom is 0.300 e. The monoisotopic (exact) mass is 387 g/mol. The molecule has 2 heterocycles. The van der Waals surface area contributed by atoms with Crippen LogP contribution in [0, 0.1) is 20.8 Å². The van der Waals surface area contributed by atoms with Gasteiger partial charge in [-0.05, 0) is 44.5 Å². The van der Waals surface area contributed by atoms with E-state index in [-0.39, 0.29) is 11.3 Å². The summed E-state index contributed by atoms with van der Waals surface area (Å²) in [6.45, 7) is 5.61. The molecule has 146 valence electrons. The molecule has 1 N–H and O–H groups in total. The van der Waals surface area contributed by atoms with E-state index >= 15 is 0 Å². The van der Waals surface area contributed by atoms with Crippen LogP contribution in [0.25, 0.3) is 5.76 Å². The van der Waals surface area contributed by atoms with Crippen LogP contribution in [-0.4, -0.2) is 16.8 Å². The number of ketones is 1. The first-order valence-electron chi connectivity index (χ1n) is 9.38. The predicted molar refractivity (Wildman–Crippen MR) is 111 cm³/mol. The van der Waals surface area contributed by atoms with Crippen LogP contribution in [0.1, 0.15) is 34.3 Å². The molecular formula is C24H21NO4. The molecule has 1 atom stereocenters. The summed E-state index contributed by atoms with van der Waals surface area (Å²) >= 11 is 0. The number of carbonyl (C=O) groups is 2. The van der Waals surface area contributed by atoms with Crippen LogP contribution in [0.15, 0.2) is 70.7 Å². The Morgan fingerprint density at radius 3 is 2.24 bits per heavy atom. The highest BCUT2D eigenvalue weighted by Crippen LogP contribution is 2.43. The van der Waals surface area contributed by atoms with Crippen molar-refractivity contribution in [1.82, 2.24) is 0 Å². The molecular weight excluding hydrogens is 366 g/mol. The molecule has 0 spiro atoms. The van der Waals surface area contributed by atoms with Gasteiger partial charge in [0.05, 0.1) is 5.57 Å². The Kier molecular flexibility index (Phi) is 4.59. The largest absolute Gasteiger partial charge is 0.507 e. The van der Waals surface area contributed by atoms with Crippen molar-refractivity contribution < 1.29 is 19.1 Å². The summed E-state index contributed by atoms with van der Waals surface area (Å²) in [7, 11) is 0. The molecule has 0 bridgehead atoms. The number of amides is 1. The van der Waals surface area contributed by atoms with Crippen LogP contribution in [-0.2, 0) is 9.59 Å². The van der Waals surface area contributed by atoms with Gasteiger partial charge in [0.15, 0.2) is 0 Å². The van der Waals surface area contributed by atoms with Gasteiger partial charge in [-0.1, -0.05) is 48.0 Å². The fourth-order valence-corrected chi connectivity index (χ4v) is 3.65. The Morgan fingerprint density at radius 1 is 0.931 bits per heavy atom. The molecule has 1 unspecified atom stereocenters. The minimum atomic E-state index is -0.842. The van der Waals surface area contributed by atoms with Crippen molar-refractivity contribution in [3.05, 3.63) is 94.4 Å². The Balaban J connectivity index is 1.96. The van der Waals surface area contributed by atoms with Crippen molar-refractivity contribution in [1.29, 1.82) is 0 Å². The summed E-state index contributed by atoms with van der Waals surface area (Å²) < 4.78 is 5.80. The Hall–Kier alpha value is -3.60. The van der Waals surface area contributed by atoms with Crippen molar-refractivity contribution in [3.63, 3.8) is 0 Å². The van der Waals surface area contributed by atoms with Gasteiger partial charge in [0, 0.05) is 11.3 Å². The van der Waals surface area contributed by atoms with Crippen molar-refractivity contribution in [2.45, 2.75) is 26.8 Å². The third-order valence-electron chi connectivity index (χ3n) is 5.18. The van der Waals surface area contributed by atoms with Gasteiger partial charge in [-0.3, -0.25) is 14.5 Å². The van der Waals surface area contributed by atoms with Gasteiger partial charge >= 0.3 is 0 Å². The van der Waals surface area contributed by atoms with Crippen LogP contribution in [0.2, 0.25) is 0 Å². The average molecular weight is 387 g/mol. The molecule has 1 saturated heterocycles. The number of nitrogens with zero attached hydrogens (tertiary/aromatic N) is 1. The van der Waals surface area contributed by atoms with Crippen LogP contribution in [0.3, 0.4) is 0 Å². The molecule has 29 heavy (non-hydrogen) atoms. The lowest BCUT2D eigenvalue weighted by atomic mass is 9.98. The van der Waals surface area contributed by atoms with Crippen molar-refractivity contribution in [2.75, 3.05) is 4.90 Å². The number of anilines is 1. The maximum absolute atomic E-state index is 13.0. The smallest absolute Gasteiger partial charge is 0.300 e. The first-order valence-corrected chi connectivity index (χ1v) is 9.38. The highest BCUT2D eigenvalue weighted by atomic mass is 16.3. The van der Waals surface area contributed by atoms with E-state index in [0.29, 0.717) is 22.8 Å². The zero-order valence-corrected chi connectivity index (χ0v) is 16.5. The average Bonchev–Trinajstić information content (AvgIpc) is 3.24. The number of furan rings is 1. The quantitative estimate of drug-likeness (QED) is 0.397. The second-order valence-corrected chi connectivity index (χ2v) is 7.27. The molecule has 5 heteroatoms. The number of aliphatic hydroxyl groups excluding tert-OH is 1. The van der Waals surface area contributed by atoms with Crippen LogP contribution < -0.4 is 4.90 Å². The van der Waals surface area contributed by atoms with Gasteiger partial charge in [0.2, 0.25) is 0 Å². The van der Waals surface area contributed by atoms with E-state index in [9.17, 15) is 14.7 Å². The third kappa shape index (κ3) is 3.14. The van der Waals surface area contributed by atoms with Gasteiger partial charge in [-0.15, -0.1) is 0 Å². The van der Waals surface area contributed by atoms with E-state index < -0.39 is 17.7 Å². The van der Waals surface area contributed by atoms with Gasteiger partial charge in [0.1, 0.15) is 23.3 Å². The summed E-state index contributed by atoms with van der Waals surface area (Å²) in [6.07, 6.45) is 0. The number of benzene rings is 2. The fraction of sp³-hybridized carbons (Fsp3) is 0.167. The summed E-state index contributed by atoms with van der Waals surface area (Å²) in [5, 5.41) is 11.0. The summed E-state index contributed by atoms with van der Waals surface area (Å²) in [4.78, 5) is 27.5. The van der Waals surface area contributed by atoms with E-state index in [1.54, 1.807) is 37.3 Å². The zero-order chi connectivity index (χ0) is 20.7. The number of rotatable bonds is 3. The van der Waals surface area contributed by atoms with Gasteiger partial charge < -0.3 is 9.52 Å². The van der Waals surface area contributed by atoms with Gasteiger partial charge in [0.25, 0.3) is 11.7 Å². The number of aliphatic hydroxyl groups is 1. The SMILES string of the molecule is Cc1ccc(/C(O)=C2/C(=O)C(=O)N(c3ccccc3C)C2c2ccc(C)o2)cc1. The number of aryl methyl sites for hydroxylation is 3. The maximum atomic E-state index is 13.0. The number of Topliss-reactive ketones (excluding diaryl/α,β-unsaturated/α-hetero) is 1. The minimum absolute atomic E-state index is 0.0245. The summed E-state index contributed by atoms with van der Waals surface area (Å²) in [5.74, 6) is -0.541. The minimum Gasteiger partial charge on any atom is -0.507 e. The number of hydrogen-bond donors (Lipinski definition) is 1. The van der Waals surface area contributed by atoms with Crippen LogP contribution >= 0.6 is 0 Å². The third-order valence-corrected chi connectivity index (χ3v) is 5.18. The van der Waals surface area contributed by atoms with Crippen LogP contribution in [0.5, 0.6) is 0 Å². The number of para-hydroxylation sites is 1. The predicted octanol–water partition coefficient (Wildman–Crippen LogP) is 4.83. The number of hydrogen-bond acceptors (Lipinski definition) is 4. The zero-order valence-electron chi connectivity index (χ0n) is 16.5. The second kappa shape index (κ2) is 7.09. The molecule has 1 aliphatic heterocycles. The van der Waals surface area contributed by atoms with Crippen molar-refractivity contribution in [3.8, 4) is 0 Å². The van der Waals surface area contributed by atoms with Gasteiger partial charge in [-0.2, -0.15) is 0 Å². The van der Waals surface area contributed by atoms with E-state index in [1.807, 2.05) is 44.2 Å². The summed E-state index contributed by atoms with van der Waals surface area (Å²) in [5.41, 5.74) is 2.98. The van der Waals surface area contributed by atoms with E-state index in [0.717, 1.165) is 11.1 Å². The summed E-state index contributed by atoms with van der Waals surface area (Å²) in [6, 6.07) is 17.2.